The fourth-order valence-electron chi connectivity index (χ4n) is 3.96. The maximum atomic E-state index is 14.1. The Hall–Kier alpha value is -3.28. The molecule has 1 saturated heterocycles. The van der Waals surface area contributed by atoms with Crippen LogP contribution < -0.4 is 5.32 Å². The summed E-state index contributed by atoms with van der Waals surface area (Å²) in [6, 6.07) is 15.1. The van der Waals surface area contributed by atoms with Crippen molar-refractivity contribution in [3.8, 4) is 0 Å². The number of nitrogens with one attached hydrogen (secondary N) is 1. The number of rotatable bonds is 6. The van der Waals surface area contributed by atoms with E-state index in [-0.39, 0.29) is 12.5 Å². The van der Waals surface area contributed by atoms with Crippen molar-refractivity contribution in [1.82, 2.24) is 15.2 Å². The smallest absolute Gasteiger partial charge is 0.319 e. The van der Waals surface area contributed by atoms with Crippen LogP contribution in [0.3, 0.4) is 0 Å². The van der Waals surface area contributed by atoms with Gasteiger partial charge in [0.2, 0.25) is 0 Å². The van der Waals surface area contributed by atoms with Crippen molar-refractivity contribution < 1.29 is 14.0 Å². The second-order valence-corrected chi connectivity index (χ2v) is 7.34. The molecule has 1 unspecified atom stereocenters. The van der Waals surface area contributed by atoms with Gasteiger partial charge in [0.1, 0.15) is 11.4 Å². The van der Waals surface area contributed by atoms with Gasteiger partial charge in [0.05, 0.1) is 12.1 Å². The van der Waals surface area contributed by atoms with E-state index in [0.717, 1.165) is 18.4 Å². The number of benzene rings is 2. The van der Waals surface area contributed by atoms with Gasteiger partial charge in [-0.25, -0.2) is 9.18 Å². The van der Waals surface area contributed by atoms with Crippen LogP contribution >= 0.6 is 0 Å². The van der Waals surface area contributed by atoms with Crippen LogP contribution in [0, 0.1) is 5.82 Å². The van der Waals surface area contributed by atoms with Crippen LogP contribution in [0.1, 0.15) is 37.3 Å². The van der Waals surface area contributed by atoms with E-state index >= 15 is 0 Å². The first-order chi connectivity index (χ1) is 14.0. The number of nitrogens with zero attached hydrogens (tertiary/aromatic N) is 2. The molecule has 1 aliphatic rings. The highest BCUT2D eigenvalue weighted by Crippen LogP contribution is 2.35. The van der Waals surface area contributed by atoms with Crippen molar-refractivity contribution in [2.24, 2.45) is 0 Å². The fourth-order valence-corrected chi connectivity index (χ4v) is 3.96. The minimum Gasteiger partial charge on any atom is -0.319 e. The molecule has 29 heavy (non-hydrogen) atoms. The molecule has 3 amide bonds. The zero-order valence-corrected chi connectivity index (χ0v) is 16.2. The molecule has 2 heterocycles. The van der Waals surface area contributed by atoms with Crippen molar-refractivity contribution in [2.75, 3.05) is 0 Å². The van der Waals surface area contributed by atoms with E-state index in [9.17, 15) is 14.0 Å². The van der Waals surface area contributed by atoms with Crippen LogP contribution in [0.2, 0.25) is 0 Å². The summed E-state index contributed by atoms with van der Waals surface area (Å²) in [5.41, 5.74) is 0.755. The van der Waals surface area contributed by atoms with Gasteiger partial charge in [0.15, 0.2) is 0 Å². The Labute approximate surface area is 168 Å². The molecule has 1 aromatic heterocycles. The van der Waals surface area contributed by atoms with Crippen molar-refractivity contribution >= 4 is 22.8 Å². The van der Waals surface area contributed by atoms with Crippen molar-refractivity contribution in [1.29, 1.82) is 0 Å². The summed E-state index contributed by atoms with van der Waals surface area (Å²) in [4.78, 5) is 31.8. The molecule has 0 saturated carbocycles. The predicted octanol–water partition coefficient (Wildman–Crippen LogP) is 4.51. The van der Waals surface area contributed by atoms with Gasteiger partial charge in [0, 0.05) is 17.1 Å². The Morgan fingerprint density at radius 1 is 1.10 bits per heavy atom. The van der Waals surface area contributed by atoms with Crippen LogP contribution in [0.15, 0.2) is 60.8 Å². The van der Waals surface area contributed by atoms with Gasteiger partial charge in [-0.3, -0.25) is 14.7 Å². The number of carbonyl (C=O) groups excluding carboxylic acids is 2. The van der Waals surface area contributed by atoms with Gasteiger partial charge in [-0.2, -0.15) is 0 Å². The summed E-state index contributed by atoms with van der Waals surface area (Å²) in [6.07, 6.45) is 3.82. The third-order valence-electron chi connectivity index (χ3n) is 5.42. The summed E-state index contributed by atoms with van der Waals surface area (Å²) in [5.74, 6) is -0.733. The summed E-state index contributed by atoms with van der Waals surface area (Å²) >= 11 is 0. The largest absolute Gasteiger partial charge is 0.325 e. The number of fused-ring (bicyclic) bond motifs is 1. The zero-order valence-electron chi connectivity index (χ0n) is 16.2. The molecule has 0 radical (unpaired) electrons. The average Bonchev–Trinajstić information content (AvgIpc) is 2.98. The third-order valence-corrected chi connectivity index (χ3v) is 5.42. The minimum atomic E-state index is -1.09. The van der Waals surface area contributed by atoms with E-state index in [0.29, 0.717) is 22.9 Å². The van der Waals surface area contributed by atoms with Crippen molar-refractivity contribution in [3.05, 3.63) is 77.7 Å². The van der Waals surface area contributed by atoms with E-state index in [2.05, 4.69) is 10.3 Å². The second-order valence-electron chi connectivity index (χ2n) is 7.34. The molecule has 0 spiro atoms. The lowest BCUT2D eigenvalue weighted by Crippen LogP contribution is -2.44. The highest BCUT2D eigenvalue weighted by Gasteiger charge is 2.51. The number of hydrogen-bond donors (Lipinski definition) is 1. The number of aromatic nitrogens is 1. The first kappa shape index (κ1) is 19.1. The molecule has 4 rings (SSSR count). The van der Waals surface area contributed by atoms with Crippen LogP contribution in [0.5, 0.6) is 0 Å². The molecule has 1 atom stereocenters. The summed E-state index contributed by atoms with van der Waals surface area (Å²) in [6.45, 7) is 2.01. The maximum Gasteiger partial charge on any atom is 0.325 e. The maximum absolute atomic E-state index is 14.1. The molecule has 3 aromatic rings. The molecule has 148 valence electrons. The Morgan fingerprint density at radius 3 is 2.66 bits per heavy atom. The normalized spacial score (nSPS) is 19.0. The molecule has 1 N–H and O–H groups in total. The molecule has 1 aliphatic heterocycles. The van der Waals surface area contributed by atoms with E-state index in [1.807, 2.05) is 37.3 Å². The van der Waals surface area contributed by atoms with Gasteiger partial charge in [-0.1, -0.05) is 56.2 Å². The molecule has 6 heteroatoms. The van der Waals surface area contributed by atoms with Crippen molar-refractivity contribution in [2.45, 2.75) is 38.3 Å². The van der Waals surface area contributed by atoms with Crippen LogP contribution in [-0.2, 0) is 16.9 Å². The number of halogens is 1. The van der Waals surface area contributed by atoms with Crippen molar-refractivity contribution in [3.63, 3.8) is 0 Å². The number of carbonyl (C=O) groups is 2. The quantitative estimate of drug-likeness (QED) is 0.629. The summed E-state index contributed by atoms with van der Waals surface area (Å²) in [7, 11) is 0. The highest BCUT2D eigenvalue weighted by molar-refractivity contribution is 6.07. The third kappa shape index (κ3) is 3.35. The fraction of sp³-hybridized carbons (Fsp3) is 0.261. The molecular weight excluding hydrogens is 369 g/mol. The number of pyridine rings is 1. The lowest BCUT2D eigenvalue weighted by molar-refractivity contribution is -0.132. The Balaban J connectivity index is 1.73. The SMILES string of the molecule is CCCCC1(c2ccccc2)NC(=O)N(Cc2cc(F)cc3cccnc23)C1=O. The van der Waals surface area contributed by atoms with Crippen LogP contribution in [0.4, 0.5) is 9.18 Å². The van der Waals surface area contributed by atoms with Gasteiger partial charge < -0.3 is 5.32 Å². The second kappa shape index (κ2) is 7.62. The topological polar surface area (TPSA) is 62.3 Å². The lowest BCUT2D eigenvalue weighted by atomic mass is 9.85. The average molecular weight is 391 g/mol. The molecule has 2 aromatic carbocycles. The number of urea groups is 1. The Morgan fingerprint density at radius 2 is 1.90 bits per heavy atom. The Bertz CT molecular complexity index is 1070. The Kier molecular flexibility index (Phi) is 5.01. The molecule has 0 aliphatic carbocycles. The van der Waals surface area contributed by atoms with E-state index in [1.54, 1.807) is 18.3 Å². The van der Waals surface area contributed by atoms with E-state index in [1.165, 1.54) is 17.0 Å². The van der Waals surface area contributed by atoms with E-state index < -0.39 is 17.4 Å². The summed E-state index contributed by atoms with van der Waals surface area (Å²) < 4.78 is 14.1. The first-order valence-corrected chi connectivity index (χ1v) is 9.78. The van der Waals surface area contributed by atoms with E-state index in [4.69, 9.17) is 0 Å². The lowest BCUT2D eigenvalue weighted by Gasteiger charge is -2.27. The molecular formula is C23H22FN3O2. The highest BCUT2D eigenvalue weighted by atomic mass is 19.1. The first-order valence-electron chi connectivity index (χ1n) is 9.78. The van der Waals surface area contributed by atoms with Crippen LogP contribution in [0.25, 0.3) is 10.9 Å². The number of imide groups is 1. The standard InChI is InChI=1S/C23H22FN3O2/c1-2-3-11-23(18-9-5-4-6-10-18)21(28)27(22(29)26-23)15-17-14-19(24)13-16-8-7-12-25-20(16)17/h4-10,12-14H,2-3,11,15H2,1H3,(H,26,29). The monoisotopic (exact) mass is 391 g/mol. The number of hydrogen-bond acceptors (Lipinski definition) is 3. The molecule has 0 bridgehead atoms. The number of amides is 3. The predicted molar refractivity (Wildman–Crippen MR) is 108 cm³/mol. The number of unbranched alkanes of at least 4 members (excludes halogenated alkanes) is 1. The van der Waals surface area contributed by atoms with Gasteiger partial charge in [-0.05, 0) is 30.2 Å². The zero-order chi connectivity index (χ0) is 20.4. The van der Waals surface area contributed by atoms with Gasteiger partial charge in [0.25, 0.3) is 5.91 Å². The minimum absolute atomic E-state index is 0.0311. The van der Waals surface area contributed by atoms with Gasteiger partial charge >= 0.3 is 6.03 Å². The molecule has 1 fully saturated rings. The van der Waals surface area contributed by atoms with Crippen LogP contribution in [-0.4, -0.2) is 21.8 Å². The molecule has 5 nitrogen and oxygen atoms in total. The summed E-state index contributed by atoms with van der Waals surface area (Å²) in [5, 5.41) is 3.56. The van der Waals surface area contributed by atoms with Gasteiger partial charge in [-0.15, -0.1) is 0 Å².